The van der Waals surface area contributed by atoms with Gasteiger partial charge >= 0.3 is 7.12 Å². The highest BCUT2D eigenvalue weighted by Gasteiger charge is 2.27. The lowest BCUT2D eigenvalue weighted by Crippen LogP contribution is -2.27. The number of rotatable bonds is 2. The SMILES string of the molecule is OB1OCc2ccc(Oc3cccc(O)c3)cc21. The first-order chi connectivity index (χ1) is 8.72. The van der Waals surface area contributed by atoms with E-state index in [1.54, 1.807) is 24.3 Å². The van der Waals surface area contributed by atoms with Gasteiger partial charge in [-0.1, -0.05) is 12.1 Å². The number of phenols is 1. The molecule has 3 rings (SSSR count). The van der Waals surface area contributed by atoms with Crippen LogP contribution in [-0.2, 0) is 11.3 Å². The van der Waals surface area contributed by atoms with Gasteiger partial charge < -0.3 is 19.5 Å². The molecule has 1 heterocycles. The van der Waals surface area contributed by atoms with Gasteiger partial charge in [-0.3, -0.25) is 0 Å². The second-order valence-electron chi connectivity index (χ2n) is 4.12. The molecule has 0 radical (unpaired) electrons. The highest BCUT2D eigenvalue weighted by Crippen LogP contribution is 2.25. The number of fused-ring (bicyclic) bond motifs is 1. The maximum Gasteiger partial charge on any atom is 0.491 e. The first kappa shape index (κ1) is 11.1. The van der Waals surface area contributed by atoms with Crippen LogP contribution in [0.1, 0.15) is 5.56 Å². The van der Waals surface area contributed by atoms with E-state index in [-0.39, 0.29) is 5.75 Å². The lowest BCUT2D eigenvalue weighted by atomic mass is 9.79. The van der Waals surface area contributed by atoms with Crippen molar-refractivity contribution in [2.75, 3.05) is 0 Å². The highest BCUT2D eigenvalue weighted by atomic mass is 16.5. The van der Waals surface area contributed by atoms with Crippen LogP contribution in [0.4, 0.5) is 0 Å². The Bertz CT molecular complexity index is 585. The molecule has 0 bridgehead atoms. The second-order valence-corrected chi connectivity index (χ2v) is 4.12. The zero-order valence-corrected chi connectivity index (χ0v) is 9.54. The van der Waals surface area contributed by atoms with Gasteiger partial charge in [0.25, 0.3) is 0 Å². The number of ether oxygens (including phenoxy) is 1. The Morgan fingerprint density at radius 1 is 1.11 bits per heavy atom. The van der Waals surface area contributed by atoms with Crippen LogP contribution < -0.4 is 10.2 Å². The van der Waals surface area contributed by atoms with E-state index >= 15 is 0 Å². The van der Waals surface area contributed by atoms with E-state index in [4.69, 9.17) is 9.39 Å². The predicted molar refractivity (Wildman–Crippen MR) is 67.0 cm³/mol. The first-order valence-corrected chi connectivity index (χ1v) is 5.62. The summed E-state index contributed by atoms with van der Waals surface area (Å²) in [6, 6.07) is 12.0. The average molecular weight is 242 g/mol. The molecule has 2 N–H and O–H groups in total. The van der Waals surface area contributed by atoms with E-state index in [1.165, 1.54) is 6.07 Å². The van der Waals surface area contributed by atoms with Crippen LogP contribution in [0.25, 0.3) is 0 Å². The summed E-state index contributed by atoms with van der Waals surface area (Å²) in [4.78, 5) is 0. The van der Waals surface area contributed by atoms with Gasteiger partial charge in [0, 0.05) is 6.07 Å². The smallest absolute Gasteiger partial charge is 0.491 e. The molecule has 0 saturated carbocycles. The van der Waals surface area contributed by atoms with Crippen molar-refractivity contribution in [3.05, 3.63) is 48.0 Å². The molecule has 0 fully saturated rings. The van der Waals surface area contributed by atoms with Gasteiger partial charge in [0.1, 0.15) is 17.2 Å². The summed E-state index contributed by atoms with van der Waals surface area (Å²) in [7, 11) is -0.882. The number of phenolic OH excluding ortho intramolecular Hbond substituents is 1. The van der Waals surface area contributed by atoms with Gasteiger partial charge in [-0.05, 0) is 35.3 Å². The lowest BCUT2D eigenvalue weighted by molar-refractivity contribution is 0.275. The van der Waals surface area contributed by atoms with Crippen molar-refractivity contribution in [3.8, 4) is 17.2 Å². The fourth-order valence-corrected chi connectivity index (χ4v) is 1.94. The van der Waals surface area contributed by atoms with E-state index in [9.17, 15) is 10.1 Å². The Balaban J connectivity index is 1.88. The quantitative estimate of drug-likeness (QED) is 0.781. The van der Waals surface area contributed by atoms with Crippen LogP contribution in [0.2, 0.25) is 0 Å². The first-order valence-electron chi connectivity index (χ1n) is 5.62. The second kappa shape index (κ2) is 4.36. The van der Waals surface area contributed by atoms with Crippen molar-refractivity contribution < 1.29 is 19.5 Å². The predicted octanol–water partition coefficient (Wildman–Crippen LogP) is 1.40. The molecule has 0 saturated heterocycles. The molecule has 0 amide bonds. The van der Waals surface area contributed by atoms with Crippen molar-refractivity contribution in [1.29, 1.82) is 0 Å². The summed E-state index contributed by atoms with van der Waals surface area (Å²) in [5, 5.41) is 18.9. The Kier molecular flexibility index (Phi) is 2.70. The minimum absolute atomic E-state index is 0.150. The molecule has 0 unspecified atom stereocenters. The number of benzene rings is 2. The fraction of sp³-hybridized carbons (Fsp3) is 0.0769. The van der Waals surface area contributed by atoms with Gasteiger partial charge in [0.2, 0.25) is 0 Å². The van der Waals surface area contributed by atoms with Gasteiger partial charge in [0.05, 0.1) is 6.61 Å². The molecule has 4 nitrogen and oxygen atoms in total. The van der Waals surface area contributed by atoms with Crippen molar-refractivity contribution in [3.63, 3.8) is 0 Å². The van der Waals surface area contributed by atoms with E-state index in [0.29, 0.717) is 18.1 Å². The number of aromatic hydroxyl groups is 1. The van der Waals surface area contributed by atoms with E-state index in [2.05, 4.69) is 0 Å². The molecular weight excluding hydrogens is 231 g/mol. The van der Waals surface area contributed by atoms with Crippen LogP contribution in [0, 0.1) is 0 Å². The summed E-state index contributed by atoms with van der Waals surface area (Å²) in [6.45, 7) is 0.420. The third-order valence-electron chi connectivity index (χ3n) is 2.83. The minimum atomic E-state index is -0.882. The molecule has 0 spiro atoms. The van der Waals surface area contributed by atoms with E-state index in [0.717, 1.165) is 11.0 Å². The molecule has 2 aromatic carbocycles. The zero-order valence-electron chi connectivity index (χ0n) is 9.54. The Morgan fingerprint density at radius 2 is 1.94 bits per heavy atom. The normalized spacial score (nSPS) is 13.5. The van der Waals surface area contributed by atoms with E-state index < -0.39 is 7.12 Å². The summed E-state index contributed by atoms with van der Waals surface area (Å²) in [5.74, 6) is 1.30. The number of hydrogen-bond donors (Lipinski definition) is 2. The average Bonchev–Trinajstić information content (AvgIpc) is 2.71. The molecule has 18 heavy (non-hydrogen) atoms. The Morgan fingerprint density at radius 3 is 2.78 bits per heavy atom. The molecule has 5 heteroatoms. The molecule has 0 atom stereocenters. The topological polar surface area (TPSA) is 58.9 Å². The third-order valence-corrected chi connectivity index (χ3v) is 2.83. The molecule has 90 valence electrons. The highest BCUT2D eigenvalue weighted by molar-refractivity contribution is 6.61. The maximum atomic E-state index is 9.60. The van der Waals surface area contributed by atoms with Crippen LogP contribution in [-0.4, -0.2) is 17.2 Å². The molecule has 1 aliphatic rings. The summed E-state index contributed by atoms with van der Waals surface area (Å²) >= 11 is 0. The largest absolute Gasteiger partial charge is 0.508 e. The standard InChI is InChI=1S/C13H11BO4/c15-10-2-1-3-11(6-10)18-12-5-4-9-8-17-14(16)13(9)7-12/h1-7,15-16H,8H2. The van der Waals surface area contributed by atoms with Crippen LogP contribution in [0.5, 0.6) is 17.2 Å². The molecular formula is C13H11BO4. The number of hydrogen-bond acceptors (Lipinski definition) is 4. The third kappa shape index (κ3) is 2.06. The monoisotopic (exact) mass is 242 g/mol. The summed E-state index contributed by atoms with van der Waals surface area (Å²) < 4.78 is 10.7. The van der Waals surface area contributed by atoms with E-state index in [1.807, 2.05) is 12.1 Å². The molecule has 0 aromatic heterocycles. The van der Waals surface area contributed by atoms with Gasteiger partial charge in [-0.25, -0.2) is 0 Å². The van der Waals surface area contributed by atoms with Crippen LogP contribution >= 0.6 is 0 Å². The fourth-order valence-electron chi connectivity index (χ4n) is 1.94. The van der Waals surface area contributed by atoms with Crippen molar-refractivity contribution in [2.45, 2.75) is 6.61 Å². The molecule has 0 aliphatic carbocycles. The minimum Gasteiger partial charge on any atom is -0.508 e. The van der Waals surface area contributed by atoms with Gasteiger partial charge in [0.15, 0.2) is 0 Å². The molecule has 2 aromatic rings. The van der Waals surface area contributed by atoms with Crippen molar-refractivity contribution in [1.82, 2.24) is 0 Å². The Hall–Kier alpha value is -1.98. The zero-order chi connectivity index (χ0) is 12.5. The van der Waals surface area contributed by atoms with Crippen molar-refractivity contribution in [2.24, 2.45) is 0 Å². The maximum absolute atomic E-state index is 9.60. The lowest BCUT2D eigenvalue weighted by Gasteiger charge is -2.07. The van der Waals surface area contributed by atoms with Gasteiger partial charge in [-0.15, -0.1) is 0 Å². The Labute approximate surface area is 105 Å². The molecule has 1 aliphatic heterocycles. The van der Waals surface area contributed by atoms with Crippen LogP contribution in [0.3, 0.4) is 0 Å². The van der Waals surface area contributed by atoms with Crippen molar-refractivity contribution >= 4 is 12.6 Å². The summed E-state index contributed by atoms with van der Waals surface area (Å²) in [6.07, 6.45) is 0. The van der Waals surface area contributed by atoms with Gasteiger partial charge in [-0.2, -0.15) is 0 Å². The summed E-state index contributed by atoms with van der Waals surface area (Å²) in [5.41, 5.74) is 1.69. The van der Waals surface area contributed by atoms with Crippen LogP contribution in [0.15, 0.2) is 42.5 Å².